The maximum absolute atomic E-state index is 13.4. The number of carbonyl (C=O) groups is 2. The first kappa shape index (κ1) is 20.4. The van der Waals surface area contributed by atoms with Crippen LogP contribution in [0.5, 0.6) is 0 Å². The summed E-state index contributed by atoms with van der Waals surface area (Å²) in [5.41, 5.74) is 4.66. The molecule has 0 saturated heterocycles. The number of halogens is 1. The molecule has 30 heavy (non-hydrogen) atoms. The number of amides is 2. The van der Waals surface area contributed by atoms with Gasteiger partial charge in [-0.1, -0.05) is 64.5 Å². The predicted octanol–water partition coefficient (Wildman–Crippen LogP) is 5.88. The molecule has 1 aliphatic heterocycles. The number of nitrogens with one attached hydrogen (secondary N) is 1. The van der Waals surface area contributed by atoms with Crippen LogP contribution in [0.4, 0.5) is 17.1 Å². The number of aryl methyl sites for hydroxylation is 1. The number of fused-ring (bicyclic) bond motifs is 2. The largest absolute Gasteiger partial charge is 0.320 e. The van der Waals surface area contributed by atoms with Gasteiger partial charge in [-0.3, -0.25) is 14.5 Å². The van der Waals surface area contributed by atoms with Crippen LogP contribution in [0.3, 0.4) is 0 Å². The van der Waals surface area contributed by atoms with Crippen molar-refractivity contribution in [2.24, 2.45) is 0 Å². The number of anilines is 3. The van der Waals surface area contributed by atoms with E-state index in [2.05, 4.69) is 33.4 Å². The van der Waals surface area contributed by atoms with Gasteiger partial charge in [0.1, 0.15) is 0 Å². The summed E-state index contributed by atoms with van der Waals surface area (Å²) in [6.07, 6.45) is 3.60. The van der Waals surface area contributed by atoms with Crippen molar-refractivity contribution in [1.29, 1.82) is 0 Å². The van der Waals surface area contributed by atoms with Gasteiger partial charge >= 0.3 is 0 Å². The van der Waals surface area contributed by atoms with Gasteiger partial charge in [-0.05, 0) is 54.7 Å². The summed E-state index contributed by atoms with van der Waals surface area (Å²) in [6.45, 7) is 0. The van der Waals surface area contributed by atoms with Crippen molar-refractivity contribution in [3.8, 4) is 0 Å². The molecule has 2 amide bonds. The van der Waals surface area contributed by atoms with Crippen molar-refractivity contribution >= 4 is 44.8 Å². The van der Waals surface area contributed by atoms with Gasteiger partial charge < -0.3 is 5.32 Å². The number of hydrogen-bond acceptors (Lipinski definition) is 2. The molecule has 1 heterocycles. The van der Waals surface area contributed by atoms with Crippen molar-refractivity contribution in [2.75, 3.05) is 15.5 Å². The van der Waals surface area contributed by atoms with E-state index in [4.69, 9.17) is 0 Å². The molecule has 3 aromatic rings. The molecule has 152 valence electrons. The first-order valence-electron chi connectivity index (χ1n) is 10.1. The van der Waals surface area contributed by atoms with Crippen LogP contribution in [0.25, 0.3) is 0 Å². The molecule has 1 N–H and O–H groups in total. The monoisotopic (exact) mass is 462 g/mol. The van der Waals surface area contributed by atoms with Crippen molar-refractivity contribution in [1.82, 2.24) is 0 Å². The van der Waals surface area contributed by atoms with E-state index in [-0.39, 0.29) is 18.2 Å². The van der Waals surface area contributed by atoms with E-state index >= 15 is 0 Å². The Kier molecular flexibility index (Phi) is 6.29. The Morgan fingerprint density at radius 2 is 1.50 bits per heavy atom. The van der Waals surface area contributed by atoms with E-state index in [1.54, 1.807) is 11.0 Å². The zero-order valence-electron chi connectivity index (χ0n) is 16.6. The lowest BCUT2D eigenvalue weighted by atomic mass is 10.0. The molecule has 0 radical (unpaired) electrons. The summed E-state index contributed by atoms with van der Waals surface area (Å²) in [6, 6.07) is 22.9. The fourth-order valence-corrected chi connectivity index (χ4v) is 4.12. The number of alkyl halides is 1. The highest BCUT2D eigenvalue weighted by Crippen LogP contribution is 2.38. The quantitative estimate of drug-likeness (QED) is 0.367. The van der Waals surface area contributed by atoms with Crippen LogP contribution in [-0.4, -0.2) is 17.1 Å². The molecule has 1 aliphatic rings. The van der Waals surface area contributed by atoms with Gasteiger partial charge in [-0.15, -0.1) is 0 Å². The van der Waals surface area contributed by atoms with Crippen molar-refractivity contribution in [2.45, 2.75) is 25.7 Å². The summed E-state index contributed by atoms with van der Waals surface area (Å²) >= 11 is 3.46. The third-order valence-corrected chi connectivity index (χ3v) is 5.82. The second-order valence-electron chi connectivity index (χ2n) is 7.36. The normalized spacial score (nSPS) is 12.6. The summed E-state index contributed by atoms with van der Waals surface area (Å²) in [5.74, 6) is -0.278. The minimum absolute atomic E-state index is 0.0709. The Morgan fingerprint density at radius 1 is 0.833 bits per heavy atom. The standard InChI is InChI=1S/C25H23BrN2O2/c26-16-6-5-7-18-12-14-19(15-13-18)17-24(29)28-22-10-3-1-8-20(22)25(30)27-21-9-2-4-11-23(21)28/h1-4,8-15H,5-7,16-17H2,(H,27,30). The number of carbonyl (C=O) groups excluding carboxylic acids is 2. The van der Waals surface area contributed by atoms with Crippen LogP contribution in [0.15, 0.2) is 72.8 Å². The van der Waals surface area contributed by atoms with Gasteiger partial charge in [-0.25, -0.2) is 0 Å². The van der Waals surface area contributed by atoms with Crippen LogP contribution >= 0.6 is 15.9 Å². The highest BCUT2D eigenvalue weighted by molar-refractivity contribution is 9.09. The second kappa shape index (κ2) is 9.26. The molecule has 3 aromatic carbocycles. The number of rotatable bonds is 6. The van der Waals surface area contributed by atoms with Crippen LogP contribution in [-0.2, 0) is 17.6 Å². The molecule has 0 saturated carbocycles. The molecule has 0 aromatic heterocycles. The average Bonchev–Trinajstić information content (AvgIpc) is 2.89. The third-order valence-electron chi connectivity index (χ3n) is 5.26. The van der Waals surface area contributed by atoms with E-state index in [0.29, 0.717) is 22.6 Å². The number of unbranched alkanes of at least 4 members (excludes halogenated alkanes) is 1. The molecule has 5 heteroatoms. The second-order valence-corrected chi connectivity index (χ2v) is 8.15. The van der Waals surface area contributed by atoms with Crippen molar-refractivity contribution in [3.63, 3.8) is 0 Å². The first-order chi connectivity index (χ1) is 14.7. The molecule has 0 atom stereocenters. The third kappa shape index (κ3) is 4.31. The smallest absolute Gasteiger partial charge is 0.257 e. The van der Waals surface area contributed by atoms with Crippen LogP contribution in [0.2, 0.25) is 0 Å². The summed E-state index contributed by atoms with van der Waals surface area (Å²) < 4.78 is 0. The van der Waals surface area contributed by atoms with E-state index in [1.165, 1.54) is 5.56 Å². The van der Waals surface area contributed by atoms with E-state index in [1.807, 2.05) is 54.6 Å². The molecule has 0 bridgehead atoms. The molecule has 0 spiro atoms. The fraction of sp³-hybridized carbons (Fsp3) is 0.200. The number of benzene rings is 3. The zero-order chi connectivity index (χ0) is 20.9. The zero-order valence-corrected chi connectivity index (χ0v) is 18.2. The van der Waals surface area contributed by atoms with Crippen molar-refractivity contribution in [3.05, 3.63) is 89.5 Å². The Bertz CT molecular complexity index is 1060. The lowest BCUT2D eigenvalue weighted by molar-refractivity contribution is -0.117. The maximum Gasteiger partial charge on any atom is 0.257 e. The fourth-order valence-electron chi connectivity index (χ4n) is 3.72. The minimum atomic E-state index is -0.207. The first-order valence-corrected chi connectivity index (χ1v) is 11.3. The van der Waals surface area contributed by atoms with E-state index < -0.39 is 0 Å². The molecule has 0 aliphatic carbocycles. The number of para-hydroxylation sites is 3. The van der Waals surface area contributed by atoms with Gasteiger partial charge in [0.05, 0.1) is 29.0 Å². The van der Waals surface area contributed by atoms with Crippen LogP contribution in [0.1, 0.15) is 34.3 Å². The van der Waals surface area contributed by atoms with Gasteiger partial charge in [0.15, 0.2) is 0 Å². The molecule has 4 rings (SSSR count). The average molecular weight is 463 g/mol. The molecule has 0 fully saturated rings. The summed E-state index contributed by atoms with van der Waals surface area (Å²) in [5, 5.41) is 3.95. The van der Waals surface area contributed by atoms with Gasteiger partial charge in [-0.2, -0.15) is 0 Å². The highest BCUT2D eigenvalue weighted by Gasteiger charge is 2.28. The predicted molar refractivity (Wildman–Crippen MR) is 125 cm³/mol. The summed E-state index contributed by atoms with van der Waals surface area (Å²) in [7, 11) is 0. The summed E-state index contributed by atoms with van der Waals surface area (Å²) in [4.78, 5) is 27.8. The SMILES string of the molecule is O=C1Nc2ccccc2N(C(=O)Cc2ccc(CCCCBr)cc2)c2ccccc21. The Morgan fingerprint density at radius 3 is 2.27 bits per heavy atom. The minimum Gasteiger partial charge on any atom is -0.320 e. The van der Waals surface area contributed by atoms with Gasteiger partial charge in [0.25, 0.3) is 5.91 Å². The van der Waals surface area contributed by atoms with E-state index in [9.17, 15) is 9.59 Å². The van der Waals surface area contributed by atoms with Crippen molar-refractivity contribution < 1.29 is 9.59 Å². The Labute approximate surface area is 185 Å². The van der Waals surface area contributed by atoms with Gasteiger partial charge in [0, 0.05) is 5.33 Å². The highest BCUT2D eigenvalue weighted by atomic mass is 79.9. The molecular formula is C25H23BrN2O2. The number of nitrogens with zero attached hydrogens (tertiary/aromatic N) is 1. The van der Waals surface area contributed by atoms with Gasteiger partial charge in [0.2, 0.25) is 5.91 Å². The number of hydrogen-bond donors (Lipinski definition) is 1. The van der Waals surface area contributed by atoms with Crippen LogP contribution < -0.4 is 10.2 Å². The maximum atomic E-state index is 13.4. The molecule has 0 unspecified atom stereocenters. The molecular weight excluding hydrogens is 440 g/mol. The Hall–Kier alpha value is -2.92. The molecule has 4 nitrogen and oxygen atoms in total. The Balaban J connectivity index is 1.62. The lowest BCUT2D eigenvalue weighted by Gasteiger charge is -2.24. The van der Waals surface area contributed by atoms with Crippen LogP contribution in [0, 0.1) is 0 Å². The van der Waals surface area contributed by atoms with E-state index in [0.717, 1.165) is 30.2 Å². The lowest BCUT2D eigenvalue weighted by Crippen LogP contribution is -2.28. The topological polar surface area (TPSA) is 49.4 Å².